The molecule has 1 amide bonds. The summed E-state index contributed by atoms with van der Waals surface area (Å²) in [6.45, 7) is 0.492. The number of aromatic nitrogens is 2. The molecule has 1 N–H and O–H groups in total. The van der Waals surface area contributed by atoms with E-state index in [2.05, 4.69) is 22.5 Å². The molecule has 0 unspecified atom stereocenters. The third-order valence-corrected chi connectivity index (χ3v) is 4.01. The van der Waals surface area contributed by atoms with Gasteiger partial charge in [0.25, 0.3) is 5.91 Å². The van der Waals surface area contributed by atoms with Gasteiger partial charge < -0.3 is 9.73 Å². The van der Waals surface area contributed by atoms with E-state index in [1.807, 2.05) is 54.7 Å². The van der Waals surface area contributed by atoms with E-state index < -0.39 is 0 Å². The van der Waals surface area contributed by atoms with Crippen LogP contribution in [0, 0.1) is 0 Å². The standard InChI is InChI=1S/C21H17N3O2/c25-21(20-12-11-19(26-20)15-24-14-4-13-22-24)23-18-9-7-17(8-10-18)16-5-2-1-3-6-16/h1-14H,15H2,(H,23,25). The largest absolute Gasteiger partial charge is 0.454 e. The molecule has 0 bridgehead atoms. The minimum absolute atomic E-state index is 0.274. The lowest BCUT2D eigenvalue weighted by molar-refractivity contribution is 0.0994. The van der Waals surface area contributed by atoms with Gasteiger partial charge >= 0.3 is 0 Å². The number of nitrogens with zero attached hydrogens (tertiary/aromatic N) is 2. The van der Waals surface area contributed by atoms with E-state index in [9.17, 15) is 4.79 Å². The second-order valence-corrected chi connectivity index (χ2v) is 5.87. The minimum Gasteiger partial charge on any atom is -0.454 e. The minimum atomic E-state index is -0.274. The fraction of sp³-hybridized carbons (Fsp3) is 0.0476. The molecule has 0 aliphatic carbocycles. The highest BCUT2D eigenvalue weighted by Gasteiger charge is 2.12. The van der Waals surface area contributed by atoms with Crippen LogP contribution >= 0.6 is 0 Å². The number of nitrogens with one attached hydrogen (secondary N) is 1. The number of anilines is 1. The van der Waals surface area contributed by atoms with Crippen molar-refractivity contribution < 1.29 is 9.21 Å². The van der Waals surface area contributed by atoms with Gasteiger partial charge in [0, 0.05) is 18.1 Å². The fourth-order valence-electron chi connectivity index (χ4n) is 2.71. The molecule has 128 valence electrons. The molecular formula is C21H17N3O2. The second kappa shape index (κ2) is 7.11. The van der Waals surface area contributed by atoms with Crippen LogP contribution in [0.2, 0.25) is 0 Å². The summed E-state index contributed by atoms with van der Waals surface area (Å²) in [5.74, 6) is 0.682. The molecule has 0 fully saturated rings. The smallest absolute Gasteiger partial charge is 0.291 e. The van der Waals surface area contributed by atoms with Crippen LogP contribution in [0.25, 0.3) is 11.1 Å². The average Bonchev–Trinajstić information content (AvgIpc) is 3.36. The normalized spacial score (nSPS) is 10.6. The number of furan rings is 1. The SMILES string of the molecule is O=C(Nc1ccc(-c2ccccc2)cc1)c1ccc(Cn2cccn2)o1. The van der Waals surface area contributed by atoms with Crippen molar-refractivity contribution in [3.63, 3.8) is 0 Å². The first kappa shape index (κ1) is 15.9. The highest BCUT2D eigenvalue weighted by Crippen LogP contribution is 2.21. The van der Waals surface area contributed by atoms with Crippen molar-refractivity contribution in [2.45, 2.75) is 6.54 Å². The van der Waals surface area contributed by atoms with Crippen molar-refractivity contribution in [2.24, 2.45) is 0 Å². The van der Waals surface area contributed by atoms with Gasteiger partial charge in [-0.1, -0.05) is 42.5 Å². The molecule has 5 nitrogen and oxygen atoms in total. The quantitative estimate of drug-likeness (QED) is 0.582. The summed E-state index contributed by atoms with van der Waals surface area (Å²) in [5, 5.41) is 6.98. The van der Waals surface area contributed by atoms with Gasteiger partial charge in [-0.25, -0.2) is 0 Å². The van der Waals surface area contributed by atoms with Gasteiger partial charge in [0.1, 0.15) is 5.76 Å². The molecule has 0 spiro atoms. The molecule has 2 aromatic carbocycles. The van der Waals surface area contributed by atoms with Crippen LogP contribution in [0.3, 0.4) is 0 Å². The molecule has 0 saturated carbocycles. The monoisotopic (exact) mass is 343 g/mol. The number of rotatable bonds is 5. The van der Waals surface area contributed by atoms with E-state index in [-0.39, 0.29) is 11.7 Å². The van der Waals surface area contributed by atoms with E-state index in [0.717, 1.165) is 16.8 Å². The van der Waals surface area contributed by atoms with Gasteiger partial charge in [0.15, 0.2) is 5.76 Å². The van der Waals surface area contributed by atoms with Crippen LogP contribution in [0.15, 0.2) is 89.6 Å². The molecule has 4 aromatic rings. The molecular weight excluding hydrogens is 326 g/mol. The molecule has 5 heteroatoms. The van der Waals surface area contributed by atoms with Gasteiger partial charge in [-0.2, -0.15) is 5.10 Å². The number of hydrogen-bond acceptors (Lipinski definition) is 3. The Kier molecular flexibility index (Phi) is 4.35. The van der Waals surface area contributed by atoms with Crippen LogP contribution in [0.1, 0.15) is 16.3 Å². The Bertz CT molecular complexity index is 987. The van der Waals surface area contributed by atoms with E-state index >= 15 is 0 Å². The van der Waals surface area contributed by atoms with Crippen LogP contribution in [-0.4, -0.2) is 15.7 Å². The lowest BCUT2D eigenvalue weighted by Crippen LogP contribution is -2.10. The Morgan fingerprint density at radius 2 is 1.69 bits per heavy atom. The van der Waals surface area contributed by atoms with Crippen molar-refractivity contribution in [3.05, 3.63) is 96.7 Å². The molecule has 0 aliphatic heterocycles. The Morgan fingerprint density at radius 1 is 0.923 bits per heavy atom. The number of carbonyl (C=O) groups is 1. The Balaban J connectivity index is 1.42. The van der Waals surface area contributed by atoms with E-state index in [4.69, 9.17) is 4.42 Å². The topological polar surface area (TPSA) is 60.1 Å². The first-order chi connectivity index (χ1) is 12.8. The maximum Gasteiger partial charge on any atom is 0.291 e. The molecule has 0 atom stereocenters. The zero-order valence-corrected chi connectivity index (χ0v) is 14.0. The Morgan fingerprint density at radius 3 is 2.42 bits per heavy atom. The maximum atomic E-state index is 12.4. The van der Waals surface area contributed by atoms with Crippen molar-refractivity contribution in [1.82, 2.24) is 9.78 Å². The van der Waals surface area contributed by atoms with Crippen LogP contribution < -0.4 is 5.32 Å². The zero-order chi connectivity index (χ0) is 17.8. The predicted molar refractivity (Wildman–Crippen MR) is 99.9 cm³/mol. The average molecular weight is 343 g/mol. The second-order valence-electron chi connectivity index (χ2n) is 5.87. The first-order valence-electron chi connectivity index (χ1n) is 8.31. The van der Waals surface area contributed by atoms with Crippen LogP contribution in [-0.2, 0) is 6.54 Å². The zero-order valence-electron chi connectivity index (χ0n) is 14.0. The Hall–Kier alpha value is -3.60. The van der Waals surface area contributed by atoms with Crippen molar-refractivity contribution in [2.75, 3.05) is 5.32 Å². The lowest BCUT2D eigenvalue weighted by atomic mass is 10.1. The summed E-state index contributed by atoms with van der Waals surface area (Å²) in [5.41, 5.74) is 2.96. The van der Waals surface area contributed by atoms with Crippen molar-refractivity contribution in [3.8, 4) is 11.1 Å². The lowest BCUT2D eigenvalue weighted by Gasteiger charge is -2.06. The highest BCUT2D eigenvalue weighted by molar-refractivity contribution is 6.02. The fourth-order valence-corrected chi connectivity index (χ4v) is 2.71. The molecule has 2 heterocycles. The van der Waals surface area contributed by atoms with Gasteiger partial charge in [-0.05, 0) is 41.5 Å². The van der Waals surface area contributed by atoms with E-state index in [0.29, 0.717) is 12.3 Å². The van der Waals surface area contributed by atoms with Crippen molar-refractivity contribution in [1.29, 1.82) is 0 Å². The van der Waals surface area contributed by atoms with Gasteiger partial charge in [0.2, 0.25) is 0 Å². The number of carbonyl (C=O) groups excluding carboxylic acids is 1. The van der Waals surface area contributed by atoms with Crippen LogP contribution in [0.4, 0.5) is 5.69 Å². The summed E-state index contributed by atoms with van der Waals surface area (Å²) in [7, 11) is 0. The number of benzene rings is 2. The summed E-state index contributed by atoms with van der Waals surface area (Å²) < 4.78 is 7.35. The summed E-state index contributed by atoms with van der Waals surface area (Å²) in [6.07, 6.45) is 3.55. The Labute approximate surface area is 150 Å². The van der Waals surface area contributed by atoms with Crippen LogP contribution in [0.5, 0.6) is 0 Å². The molecule has 26 heavy (non-hydrogen) atoms. The summed E-state index contributed by atoms with van der Waals surface area (Å²) in [6, 6.07) is 23.1. The maximum absolute atomic E-state index is 12.4. The summed E-state index contributed by atoms with van der Waals surface area (Å²) in [4.78, 5) is 12.4. The molecule has 0 radical (unpaired) electrons. The third kappa shape index (κ3) is 3.57. The van der Waals surface area contributed by atoms with Crippen molar-refractivity contribution >= 4 is 11.6 Å². The number of hydrogen-bond donors (Lipinski definition) is 1. The van der Waals surface area contributed by atoms with Gasteiger partial charge in [0.05, 0.1) is 6.54 Å². The van der Waals surface area contributed by atoms with E-state index in [1.165, 1.54) is 0 Å². The number of amides is 1. The highest BCUT2D eigenvalue weighted by atomic mass is 16.4. The summed E-state index contributed by atoms with van der Waals surface area (Å²) >= 11 is 0. The molecule has 0 aliphatic rings. The third-order valence-electron chi connectivity index (χ3n) is 4.01. The predicted octanol–water partition coefficient (Wildman–Crippen LogP) is 4.44. The molecule has 2 aromatic heterocycles. The van der Waals surface area contributed by atoms with E-state index in [1.54, 1.807) is 23.0 Å². The van der Waals surface area contributed by atoms with Gasteiger partial charge in [-0.3, -0.25) is 9.48 Å². The first-order valence-corrected chi connectivity index (χ1v) is 8.31. The molecule has 0 saturated heterocycles. The van der Waals surface area contributed by atoms with Gasteiger partial charge in [-0.15, -0.1) is 0 Å². The molecule has 4 rings (SSSR count).